The molecule has 0 heterocycles. The second-order valence-electron chi connectivity index (χ2n) is 7.17. The Kier molecular flexibility index (Phi) is 6.09. The fourth-order valence-electron chi connectivity index (χ4n) is 3.37. The maximum atomic E-state index is 14.6. The Morgan fingerprint density at radius 2 is 1.81 bits per heavy atom. The third kappa shape index (κ3) is 5.64. The van der Waals surface area contributed by atoms with E-state index in [0.717, 1.165) is 32.1 Å². The van der Waals surface area contributed by atoms with Gasteiger partial charge >= 0.3 is 6.36 Å². The van der Waals surface area contributed by atoms with E-state index in [-0.39, 0.29) is 24.3 Å². The van der Waals surface area contributed by atoms with E-state index < -0.39 is 17.9 Å². The van der Waals surface area contributed by atoms with Gasteiger partial charge in [0.25, 0.3) is 0 Å². The molecule has 6 heteroatoms. The van der Waals surface area contributed by atoms with Crippen molar-refractivity contribution in [2.45, 2.75) is 57.7 Å². The Hall–Kier alpha value is -1.72. The summed E-state index contributed by atoms with van der Waals surface area (Å²) >= 11 is 0. The quantitative estimate of drug-likeness (QED) is 0.400. The molecule has 26 heavy (non-hydrogen) atoms. The van der Waals surface area contributed by atoms with Crippen LogP contribution in [-0.4, -0.2) is 13.0 Å². The third-order valence-electron chi connectivity index (χ3n) is 4.99. The molecule has 2 aliphatic carbocycles. The molecule has 1 aromatic carbocycles. The second kappa shape index (κ2) is 8.31. The maximum Gasteiger partial charge on any atom is 0.573 e. The monoisotopic (exact) mass is 372 g/mol. The first-order valence-electron chi connectivity index (χ1n) is 9.29. The Bertz CT molecular complexity index is 629. The molecule has 1 aromatic rings. The van der Waals surface area contributed by atoms with Gasteiger partial charge in [-0.15, -0.1) is 13.2 Å². The normalized spacial score (nSPS) is 18.6. The van der Waals surface area contributed by atoms with Gasteiger partial charge < -0.3 is 9.47 Å². The fourth-order valence-corrected chi connectivity index (χ4v) is 3.37. The number of hydrogen-bond donors (Lipinski definition) is 0. The van der Waals surface area contributed by atoms with E-state index in [0.29, 0.717) is 11.8 Å². The van der Waals surface area contributed by atoms with Crippen LogP contribution in [0.3, 0.4) is 0 Å². The zero-order chi connectivity index (χ0) is 18.6. The summed E-state index contributed by atoms with van der Waals surface area (Å²) in [6, 6.07) is 2.85. The van der Waals surface area contributed by atoms with Gasteiger partial charge in [0.05, 0.1) is 6.61 Å². The lowest BCUT2D eigenvalue weighted by molar-refractivity contribution is -0.276. The third-order valence-corrected chi connectivity index (χ3v) is 4.99. The van der Waals surface area contributed by atoms with Crippen molar-refractivity contribution in [2.24, 2.45) is 11.8 Å². The van der Waals surface area contributed by atoms with Crippen LogP contribution >= 0.6 is 0 Å². The van der Waals surface area contributed by atoms with Crippen molar-refractivity contribution in [3.8, 4) is 11.5 Å². The lowest BCUT2D eigenvalue weighted by atomic mass is 10.1. The lowest BCUT2D eigenvalue weighted by Crippen LogP contribution is -2.19. The van der Waals surface area contributed by atoms with E-state index in [9.17, 15) is 17.6 Å². The highest BCUT2D eigenvalue weighted by Gasteiger charge is 2.35. The smallest absolute Gasteiger partial charge is 0.490 e. The molecule has 0 saturated heterocycles. The van der Waals surface area contributed by atoms with Gasteiger partial charge in [0, 0.05) is 0 Å². The number of rotatable bonds is 8. The van der Waals surface area contributed by atoms with Crippen LogP contribution in [0.4, 0.5) is 17.6 Å². The lowest BCUT2D eigenvalue weighted by Gasteiger charge is -2.17. The number of alkyl halides is 3. The molecule has 0 radical (unpaired) electrons. The molecular weight excluding hydrogens is 348 g/mol. The highest BCUT2D eigenvalue weighted by atomic mass is 19.4. The Labute approximate surface area is 151 Å². The Balaban J connectivity index is 1.69. The summed E-state index contributed by atoms with van der Waals surface area (Å²) in [5, 5.41) is 0. The Morgan fingerprint density at radius 3 is 2.46 bits per heavy atom. The van der Waals surface area contributed by atoms with Crippen molar-refractivity contribution in [3.05, 3.63) is 35.7 Å². The van der Waals surface area contributed by atoms with Crippen molar-refractivity contribution in [1.29, 1.82) is 0 Å². The zero-order valence-corrected chi connectivity index (χ0v) is 14.7. The van der Waals surface area contributed by atoms with Gasteiger partial charge in [-0.2, -0.15) is 0 Å². The number of halogens is 4. The van der Waals surface area contributed by atoms with Gasteiger partial charge in [-0.05, 0) is 49.1 Å². The van der Waals surface area contributed by atoms with Crippen LogP contribution in [0.15, 0.2) is 24.3 Å². The summed E-state index contributed by atoms with van der Waals surface area (Å²) in [5.74, 6) is -0.976. The molecular formula is C20H24F4O2. The zero-order valence-electron chi connectivity index (χ0n) is 14.7. The summed E-state index contributed by atoms with van der Waals surface area (Å²) in [6.45, 7) is 0.263. The molecule has 2 fully saturated rings. The molecule has 3 rings (SSSR count). The van der Waals surface area contributed by atoms with Crippen molar-refractivity contribution in [2.75, 3.05) is 6.61 Å². The van der Waals surface area contributed by atoms with Crippen LogP contribution < -0.4 is 9.47 Å². The molecule has 0 spiro atoms. The minimum Gasteiger partial charge on any atom is -0.490 e. The van der Waals surface area contributed by atoms with Crippen LogP contribution in [0.2, 0.25) is 0 Å². The molecule has 0 bridgehead atoms. The molecule has 0 aliphatic heterocycles. The molecule has 0 N–H and O–H groups in total. The van der Waals surface area contributed by atoms with Crippen LogP contribution in [-0.2, 0) is 6.42 Å². The van der Waals surface area contributed by atoms with Crippen molar-refractivity contribution < 1.29 is 27.0 Å². The summed E-state index contributed by atoms with van der Waals surface area (Å²) in [4.78, 5) is 0. The van der Waals surface area contributed by atoms with Gasteiger partial charge in [-0.1, -0.05) is 43.9 Å². The van der Waals surface area contributed by atoms with Crippen LogP contribution in [0, 0.1) is 17.7 Å². The van der Waals surface area contributed by atoms with Crippen LogP contribution in [0.1, 0.15) is 50.5 Å². The molecule has 2 saturated carbocycles. The van der Waals surface area contributed by atoms with Crippen molar-refractivity contribution in [3.63, 3.8) is 0 Å². The number of allylic oxidation sites excluding steroid dienone is 2. The van der Waals surface area contributed by atoms with Gasteiger partial charge in [0.1, 0.15) is 0 Å². The largest absolute Gasteiger partial charge is 0.573 e. The van der Waals surface area contributed by atoms with Crippen molar-refractivity contribution >= 4 is 0 Å². The van der Waals surface area contributed by atoms with E-state index in [4.69, 9.17) is 4.74 Å². The molecule has 144 valence electrons. The minimum atomic E-state index is -4.97. The number of hydrogen-bond acceptors (Lipinski definition) is 2. The average Bonchev–Trinajstić information content (AvgIpc) is 3.25. The fraction of sp³-hybridized carbons (Fsp3) is 0.600. The predicted octanol–water partition coefficient (Wildman–Crippen LogP) is 6.19. The van der Waals surface area contributed by atoms with Crippen LogP contribution in [0.5, 0.6) is 11.5 Å². The van der Waals surface area contributed by atoms with Gasteiger partial charge in [-0.3, -0.25) is 0 Å². The van der Waals surface area contributed by atoms with E-state index in [2.05, 4.69) is 4.74 Å². The van der Waals surface area contributed by atoms with Gasteiger partial charge in [0.15, 0.2) is 11.6 Å². The summed E-state index contributed by atoms with van der Waals surface area (Å²) < 4.78 is 62.1. The summed E-state index contributed by atoms with van der Waals surface area (Å²) in [7, 11) is 0. The maximum absolute atomic E-state index is 14.6. The summed E-state index contributed by atoms with van der Waals surface area (Å²) in [5.41, 5.74) is 0.171. The molecule has 0 unspecified atom stereocenters. The Morgan fingerprint density at radius 1 is 1.08 bits per heavy atom. The highest BCUT2D eigenvalue weighted by Crippen LogP contribution is 2.38. The second-order valence-corrected chi connectivity index (χ2v) is 7.17. The SMILES string of the molecule is Fc1c(C/C=C/C2CC2)ccc(OCCC2CCCC2)c1OC(F)(F)F. The number of benzene rings is 1. The van der Waals surface area contributed by atoms with E-state index in [1.54, 1.807) is 6.08 Å². The van der Waals surface area contributed by atoms with E-state index >= 15 is 0 Å². The molecule has 0 aromatic heterocycles. The molecule has 0 atom stereocenters. The first-order valence-corrected chi connectivity index (χ1v) is 9.29. The topological polar surface area (TPSA) is 18.5 Å². The molecule has 2 aliphatic rings. The molecule has 0 amide bonds. The minimum absolute atomic E-state index is 0.171. The first kappa shape index (κ1) is 19.1. The molecule has 2 nitrogen and oxygen atoms in total. The van der Waals surface area contributed by atoms with Crippen LogP contribution in [0.25, 0.3) is 0 Å². The average molecular weight is 372 g/mol. The van der Waals surface area contributed by atoms with Gasteiger partial charge in [0.2, 0.25) is 5.75 Å². The number of ether oxygens (including phenoxy) is 2. The van der Waals surface area contributed by atoms with Gasteiger partial charge in [-0.25, -0.2) is 4.39 Å². The van der Waals surface area contributed by atoms with E-state index in [1.807, 2.05) is 6.08 Å². The first-order chi connectivity index (χ1) is 12.4. The summed E-state index contributed by atoms with van der Waals surface area (Å²) in [6.07, 6.45) is 6.67. The van der Waals surface area contributed by atoms with E-state index in [1.165, 1.54) is 25.0 Å². The standard InChI is InChI=1S/C20H24F4O2/c21-18-16(7-3-6-15-8-9-15)10-11-17(19(18)26-20(22,23)24)25-13-12-14-4-1-2-5-14/h3,6,10-11,14-15H,1-2,4-5,7-9,12-13H2/b6-3+. The highest BCUT2D eigenvalue weighted by molar-refractivity contribution is 5.45. The van der Waals surface area contributed by atoms with Crippen molar-refractivity contribution in [1.82, 2.24) is 0 Å². The predicted molar refractivity (Wildman–Crippen MR) is 90.7 cm³/mol.